The summed E-state index contributed by atoms with van der Waals surface area (Å²) < 4.78 is 39.7. The number of Topliss-reactive ketones (excluding diaryl/α,β-unsaturated/α-hetero) is 1. The highest BCUT2D eigenvalue weighted by Crippen LogP contribution is 2.24. The molecule has 1 heterocycles. The maximum Gasteiger partial charge on any atom is 0.452 e. The Labute approximate surface area is 249 Å². The molecule has 0 spiro atoms. The van der Waals surface area contributed by atoms with Crippen molar-refractivity contribution in [3.8, 4) is 0 Å². The van der Waals surface area contributed by atoms with Gasteiger partial charge in [-0.1, -0.05) is 73.4 Å². The van der Waals surface area contributed by atoms with Crippen LogP contribution < -0.4 is 16.0 Å². The molecule has 0 saturated heterocycles. The van der Waals surface area contributed by atoms with Crippen molar-refractivity contribution in [1.29, 1.82) is 0 Å². The number of nitrogens with one attached hydrogen (secondary N) is 3. The van der Waals surface area contributed by atoms with E-state index < -0.39 is 53.7 Å². The van der Waals surface area contributed by atoms with Gasteiger partial charge in [0.05, 0.1) is 21.7 Å². The van der Waals surface area contributed by atoms with Crippen molar-refractivity contribution in [3.63, 3.8) is 0 Å². The van der Waals surface area contributed by atoms with E-state index >= 15 is 0 Å². The van der Waals surface area contributed by atoms with Gasteiger partial charge in [-0.3, -0.25) is 19.2 Å². The fourth-order valence-corrected chi connectivity index (χ4v) is 4.23. The summed E-state index contributed by atoms with van der Waals surface area (Å²) >= 11 is 12.1. The number of rotatable bonds is 11. The van der Waals surface area contributed by atoms with E-state index in [2.05, 4.69) is 25.9 Å². The van der Waals surface area contributed by atoms with Crippen LogP contribution in [0.15, 0.2) is 67.3 Å². The number of carbonyl (C=O) groups excluding carboxylic acids is 4. The summed E-state index contributed by atoms with van der Waals surface area (Å²) in [5, 5.41) is 7.68. The van der Waals surface area contributed by atoms with E-state index in [4.69, 9.17) is 23.2 Å². The van der Waals surface area contributed by atoms with E-state index in [9.17, 15) is 32.3 Å². The molecule has 0 fully saturated rings. The Morgan fingerprint density at radius 3 is 2.07 bits per heavy atom. The fourth-order valence-electron chi connectivity index (χ4n) is 3.91. The van der Waals surface area contributed by atoms with E-state index in [0.717, 1.165) is 0 Å². The highest BCUT2D eigenvalue weighted by molar-refractivity contribution is 6.42. The lowest BCUT2D eigenvalue weighted by Gasteiger charge is -2.27. The number of hydrogen-bond donors (Lipinski definition) is 3. The Balaban J connectivity index is 1.93. The summed E-state index contributed by atoms with van der Waals surface area (Å²) in [6.07, 6.45) is -1.61. The quantitative estimate of drug-likeness (QED) is 0.293. The summed E-state index contributed by atoms with van der Waals surface area (Å²) in [5.74, 6) is -5.64. The lowest BCUT2D eigenvalue weighted by molar-refractivity contribution is -0.175. The Morgan fingerprint density at radius 1 is 0.857 bits per heavy atom. The molecule has 3 N–H and O–H groups in total. The molecule has 3 aromatic rings. The third-order valence-electron chi connectivity index (χ3n) is 6.08. The maximum absolute atomic E-state index is 13.6. The summed E-state index contributed by atoms with van der Waals surface area (Å²) in [5.41, 5.74) is 0.777. The summed E-state index contributed by atoms with van der Waals surface area (Å²) in [4.78, 5) is 59.5. The molecule has 3 atom stereocenters. The molecule has 0 aliphatic rings. The molecule has 0 aliphatic carbocycles. The second-order valence-electron chi connectivity index (χ2n) is 9.55. The smallest absolute Gasteiger partial charge is 0.344 e. The number of aromatic nitrogens is 2. The molecule has 0 saturated carbocycles. The largest absolute Gasteiger partial charge is 0.452 e. The van der Waals surface area contributed by atoms with Gasteiger partial charge < -0.3 is 16.0 Å². The number of amides is 3. The highest BCUT2D eigenvalue weighted by Gasteiger charge is 2.45. The van der Waals surface area contributed by atoms with Crippen LogP contribution in [-0.4, -0.2) is 51.7 Å². The van der Waals surface area contributed by atoms with Crippen molar-refractivity contribution in [2.45, 2.75) is 44.6 Å². The van der Waals surface area contributed by atoms with Crippen molar-refractivity contribution in [1.82, 2.24) is 25.9 Å². The van der Waals surface area contributed by atoms with Crippen LogP contribution in [0.4, 0.5) is 13.2 Å². The monoisotopic (exact) mass is 623 g/mol. The number of benzene rings is 2. The van der Waals surface area contributed by atoms with Gasteiger partial charge in [0.1, 0.15) is 18.4 Å². The average molecular weight is 624 g/mol. The summed E-state index contributed by atoms with van der Waals surface area (Å²) in [7, 11) is 0. The van der Waals surface area contributed by atoms with Crippen molar-refractivity contribution in [3.05, 3.63) is 94.0 Å². The van der Waals surface area contributed by atoms with Gasteiger partial charge in [0.25, 0.3) is 11.7 Å². The number of halogens is 5. The Morgan fingerprint density at radius 2 is 1.50 bits per heavy atom. The number of nitrogens with zero attached hydrogens (tertiary/aromatic N) is 2. The Bertz CT molecular complexity index is 1430. The number of alkyl halides is 3. The molecule has 3 amide bonds. The van der Waals surface area contributed by atoms with Gasteiger partial charge in [-0.15, -0.1) is 0 Å². The molecule has 14 heteroatoms. The third kappa shape index (κ3) is 8.73. The molecule has 1 aromatic heterocycles. The first-order chi connectivity index (χ1) is 19.8. The topological polar surface area (TPSA) is 130 Å². The van der Waals surface area contributed by atoms with Crippen LogP contribution >= 0.6 is 23.2 Å². The van der Waals surface area contributed by atoms with E-state index in [1.165, 1.54) is 56.8 Å². The van der Waals surface area contributed by atoms with Crippen LogP contribution in [0, 0.1) is 5.92 Å². The van der Waals surface area contributed by atoms with Gasteiger partial charge in [0.15, 0.2) is 0 Å². The lowest BCUT2D eigenvalue weighted by atomic mass is 9.97. The Hall–Kier alpha value is -4.03. The molecule has 42 heavy (non-hydrogen) atoms. The second kappa shape index (κ2) is 14.2. The average Bonchev–Trinajstić information content (AvgIpc) is 2.95. The van der Waals surface area contributed by atoms with Gasteiger partial charge in [-0.05, 0) is 29.2 Å². The molecule has 0 bridgehead atoms. The van der Waals surface area contributed by atoms with Gasteiger partial charge in [0, 0.05) is 18.8 Å². The zero-order valence-corrected chi connectivity index (χ0v) is 23.8. The van der Waals surface area contributed by atoms with Crippen LogP contribution in [0.3, 0.4) is 0 Å². The standard InChI is InChI=1S/C28H26Cl2F3N5O4/c1-15(2)22(24(39)28(31,32)33)37-27(42)23(17-6-4-3-5-7-17)38-26(41)21(11-16-8-9-19(29)20(30)10-16)36-25(40)18-12-34-14-35-13-18/h3-10,12-15,21-23H,11H2,1-2H3,(H,36,40)(H,37,42)(H,38,41)/t21-,22-,23-/m0/s1. The van der Waals surface area contributed by atoms with Crippen molar-refractivity contribution in [2.75, 3.05) is 0 Å². The summed E-state index contributed by atoms with van der Waals surface area (Å²) in [6.45, 7) is 2.70. The predicted octanol–water partition coefficient (Wildman–Crippen LogP) is 4.25. The van der Waals surface area contributed by atoms with E-state index in [0.29, 0.717) is 5.56 Å². The first-order valence-electron chi connectivity index (χ1n) is 12.5. The third-order valence-corrected chi connectivity index (χ3v) is 6.82. The summed E-state index contributed by atoms with van der Waals surface area (Å²) in [6, 6.07) is 7.60. The van der Waals surface area contributed by atoms with Gasteiger partial charge in [-0.25, -0.2) is 9.97 Å². The molecule has 222 valence electrons. The first-order valence-corrected chi connectivity index (χ1v) is 13.3. The van der Waals surface area contributed by atoms with Crippen molar-refractivity contribution in [2.24, 2.45) is 5.92 Å². The maximum atomic E-state index is 13.6. The van der Waals surface area contributed by atoms with Gasteiger partial charge >= 0.3 is 6.18 Å². The molecular formula is C28H26Cl2F3N5O4. The molecule has 2 aromatic carbocycles. The van der Waals surface area contributed by atoms with Crippen molar-refractivity contribution >= 4 is 46.7 Å². The van der Waals surface area contributed by atoms with Gasteiger partial charge in [-0.2, -0.15) is 13.2 Å². The van der Waals surface area contributed by atoms with Crippen LogP contribution in [-0.2, 0) is 20.8 Å². The minimum Gasteiger partial charge on any atom is -0.344 e. The SMILES string of the molecule is CC(C)[C@H](NC(=O)[C@@H](NC(=O)[C@H](Cc1ccc(Cl)c(Cl)c1)NC(=O)c1cncnc1)c1ccccc1)C(=O)C(F)(F)F. The zero-order valence-electron chi connectivity index (χ0n) is 22.3. The van der Waals surface area contributed by atoms with Crippen LogP contribution in [0.2, 0.25) is 10.0 Å². The molecule has 3 rings (SSSR count). The number of hydrogen-bond acceptors (Lipinski definition) is 6. The predicted molar refractivity (Wildman–Crippen MR) is 149 cm³/mol. The fraction of sp³-hybridized carbons (Fsp3) is 0.286. The first kappa shape index (κ1) is 32.5. The Kier molecular flexibility index (Phi) is 11.0. The number of ketones is 1. The minimum atomic E-state index is -5.19. The van der Waals surface area contributed by atoms with Crippen LogP contribution in [0.1, 0.15) is 41.4 Å². The van der Waals surface area contributed by atoms with E-state index in [1.807, 2.05) is 0 Å². The second-order valence-corrected chi connectivity index (χ2v) is 10.4. The van der Waals surface area contributed by atoms with E-state index in [-0.39, 0.29) is 27.6 Å². The zero-order chi connectivity index (χ0) is 31.0. The normalized spacial score (nSPS) is 13.5. The molecule has 0 aliphatic heterocycles. The van der Waals surface area contributed by atoms with Crippen molar-refractivity contribution < 1.29 is 32.3 Å². The minimum absolute atomic E-state index is 0.0484. The molecule has 9 nitrogen and oxygen atoms in total. The number of carbonyl (C=O) groups is 4. The highest BCUT2D eigenvalue weighted by atomic mass is 35.5. The molecule has 0 radical (unpaired) electrons. The van der Waals surface area contributed by atoms with Crippen LogP contribution in [0.25, 0.3) is 0 Å². The van der Waals surface area contributed by atoms with Crippen LogP contribution in [0.5, 0.6) is 0 Å². The van der Waals surface area contributed by atoms with Gasteiger partial charge in [0.2, 0.25) is 11.8 Å². The van der Waals surface area contributed by atoms with E-state index in [1.54, 1.807) is 24.3 Å². The molecular weight excluding hydrogens is 598 g/mol. The lowest BCUT2D eigenvalue weighted by Crippen LogP contribution is -2.55. The molecule has 0 unspecified atom stereocenters.